The minimum absolute atomic E-state index is 0. The second-order valence-electron chi connectivity index (χ2n) is 11.0. The van der Waals surface area contributed by atoms with Crippen molar-refractivity contribution in [2.75, 3.05) is 0 Å². The lowest BCUT2D eigenvalue weighted by Gasteiger charge is -2.23. The van der Waals surface area contributed by atoms with Crippen LogP contribution in [0.25, 0.3) is 0 Å². The molecule has 7 heteroatoms. The highest BCUT2D eigenvalue weighted by atomic mass is 31.0. The van der Waals surface area contributed by atoms with Gasteiger partial charge < -0.3 is 15.3 Å². The van der Waals surface area contributed by atoms with E-state index in [2.05, 4.69) is 20.8 Å². The third-order valence-electron chi connectivity index (χ3n) is 7.81. The van der Waals surface area contributed by atoms with Gasteiger partial charge in [-0.25, -0.2) is 14.4 Å². The smallest absolute Gasteiger partial charge is 0.337 e. The highest BCUT2D eigenvalue weighted by molar-refractivity contribution is 6.92. The quantitative estimate of drug-likeness (QED) is 0.0829. The molecule has 0 aliphatic rings. The van der Waals surface area contributed by atoms with Crippen molar-refractivity contribution in [3.05, 3.63) is 33.4 Å². The zero-order chi connectivity index (χ0) is 29.0. The van der Waals surface area contributed by atoms with E-state index in [-0.39, 0.29) is 21.0 Å². The van der Waals surface area contributed by atoms with Crippen LogP contribution in [0.4, 0.5) is 0 Å². The van der Waals surface area contributed by atoms with Gasteiger partial charge in [-0.1, -0.05) is 117 Å². The number of hydrogen-bond acceptors (Lipinski definition) is 3. The first-order valence-corrected chi connectivity index (χ1v) is 15.7. The third kappa shape index (κ3) is 13.1. The van der Waals surface area contributed by atoms with Crippen LogP contribution in [0.5, 0.6) is 0 Å². The number of carboxylic acid groups (broad SMARTS) is 3. The molecular weight excluding hydrogens is 523 g/mol. The van der Waals surface area contributed by atoms with E-state index in [1.54, 1.807) is 0 Å². The van der Waals surface area contributed by atoms with E-state index in [0.717, 1.165) is 102 Å². The first kappa shape index (κ1) is 38.1. The van der Waals surface area contributed by atoms with Crippen LogP contribution in [0, 0.1) is 0 Å². The summed E-state index contributed by atoms with van der Waals surface area (Å²) < 4.78 is 0. The molecule has 230 valence electrons. The Labute approximate surface area is 246 Å². The van der Waals surface area contributed by atoms with Crippen LogP contribution in [0.1, 0.15) is 184 Å². The van der Waals surface area contributed by atoms with Crippen LogP contribution in [-0.4, -0.2) is 33.2 Å². The fourth-order valence-electron chi connectivity index (χ4n) is 5.70. The van der Waals surface area contributed by atoms with Crippen LogP contribution >= 0.6 is 9.90 Å². The summed E-state index contributed by atoms with van der Waals surface area (Å²) in [6.07, 6.45) is 20.5. The number of unbranched alkanes of at least 4 members (excludes halogenated alkanes) is 15. The Kier molecular flexibility index (Phi) is 21.6. The number of hydrogen-bond donors (Lipinski definition) is 3. The maximum atomic E-state index is 12.5. The van der Waals surface area contributed by atoms with E-state index in [1.165, 1.54) is 19.3 Å². The van der Waals surface area contributed by atoms with Gasteiger partial charge in [0.15, 0.2) is 0 Å². The molecule has 1 rings (SSSR count). The number of carboxylic acids is 3. The molecule has 0 radical (unpaired) electrons. The number of carbonyl (C=O) groups is 3. The predicted octanol–water partition coefficient (Wildman–Crippen LogP) is 9.55. The highest BCUT2D eigenvalue weighted by Gasteiger charge is 2.32. The number of benzene rings is 1. The first-order chi connectivity index (χ1) is 18.8. The summed E-state index contributed by atoms with van der Waals surface area (Å²) in [5.41, 5.74) is 0.781. The van der Waals surface area contributed by atoms with Gasteiger partial charge in [0.25, 0.3) is 0 Å². The summed E-state index contributed by atoms with van der Waals surface area (Å²) in [7, 11) is 0. The van der Waals surface area contributed by atoms with Crippen LogP contribution in [0.2, 0.25) is 0 Å². The second-order valence-corrected chi connectivity index (χ2v) is 11.0. The molecule has 1 unspecified atom stereocenters. The van der Waals surface area contributed by atoms with Gasteiger partial charge in [0.05, 0.1) is 16.7 Å². The predicted molar refractivity (Wildman–Crippen MR) is 170 cm³/mol. The Morgan fingerprint density at radius 3 is 0.925 bits per heavy atom. The van der Waals surface area contributed by atoms with Crippen LogP contribution in [0.15, 0.2) is 0 Å². The summed E-state index contributed by atoms with van der Waals surface area (Å²) in [6.45, 7) is 6.50. The van der Waals surface area contributed by atoms with Crippen molar-refractivity contribution in [3.8, 4) is 0 Å². The van der Waals surface area contributed by atoms with E-state index in [1.807, 2.05) is 0 Å². The minimum atomic E-state index is -1.47. The highest BCUT2D eigenvalue weighted by Crippen LogP contribution is 2.33. The first-order valence-electron chi connectivity index (χ1n) is 15.7. The molecule has 0 saturated heterocycles. The lowest BCUT2D eigenvalue weighted by atomic mass is 9.80. The normalized spacial score (nSPS) is 10.9. The van der Waals surface area contributed by atoms with Crippen molar-refractivity contribution in [2.24, 2.45) is 0 Å². The molecule has 1 atom stereocenters. The van der Waals surface area contributed by atoms with Gasteiger partial charge in [0.2, 0.25) is 0 Å². The summed E-state index contributed by atoms with van der Waals surface area (Å²) >= 11 is 0. The average Bonchev–Trinajstić information content (AvgIpc) is 2.89. The van der Waals surface area contributed by atoms with Crippen molar-refractivity contribution >= 4 is 27.8 Å². The molecule has 0 aliphatic carbocycles. The van der Waals surface area contributed by atoms with Gasteiger partial charge in [-0.15, -0.1) is 0 Å². The van der Waals surface area contributed by atoms with Crippen LogP contribution < -0.4 is 0 Å². The topological polar surface area (TPSA) is 112 Å². The zero-order valence-electron chi connectivity index (χ0n) is 25.6. The van der Waals surface area contributed by atoms with Gasteiger partial charge in [0, 0.05) is 0 Å². The molecule has 1 aromatic rings. The molecule has 0 aromatic heterocycles. The fraction of sp³-hybridized carbons (Fsp3) is 0.727. The molecular formula is C33H57O6P. The number of rotatable bonds is 24. The lowest BCUT2D eigenvalue weighted by molar-refractivity contribution is 0.0631. The van der Waals surface area contributed by atoms with Crippen molar-refractivity contribution in [2.45, 2.75) is 156 Å². The maximum Gasteiger partial charge on any atom is 0.337 e. The molecule has 6 nitrogen and oxygen atoms in total. The van der Waals surface area contributed by atoms with E-state index in [9.17, 15) is 29.7 Å². The Balaban J connectivity index is 0.0000152. The zero-order valence-corrected chi connectivity index (χ0v) is 27.0. The molecule has 1 aromatic carbocycles. The van der Waals surface area contributed by atoms with E-state index >= 15 is 0 Å². The largest absolute Gasteiger partial charge is 0.478 e. The molecule has 0 spiro atoms. The summed E-state index contributed by atoms with van der Waals surface area (Å²) in [6, 6.07) is 0. The molecule has 0 heterocycles. The Morgan fingerprint density at radius 1 is 0.400 bits per heavy atom. The van der Waals surface area contributed by atoms with Crippen molar-refractivity contribution < 1.29 is 29.7 Å². The van der Waals surface area contributed by atoms with Crippen LogP contribution in [0.3, 0.4) is 0 Å². The summed E-state index contributed by atoms with van der Waals surface area (Å²) in [5.74, 6) is -4.15. The van der Waals surface area contributed by atoms with Crippen molar-refractivity contribution in [3.63, 3.8) is 0 Å². The second kappa shape index (κ2) is 22.7. The van der Waals surface area contributed by atoms with Gasteiger partial charge in [0.1, 0.15) is 0 Å². The lowest BCUT2D eigenvalue weighted by Crippen LogP contribution is -2.23. The van der Waals surface area contributed by atoms with Gasteiger partial charge in [-0.3, -0.25) is 0 Å². The Morgan fingerprint density at radius 2 is 0.650 bits per heavy atom. The standard InChI is InChI=1S/C33H54O6.H3P/c1-4-7-10-13-16-19-22-25-26(23-20-17-14-11-8-5-2)28(31(34)35)30(33(38)39)29(32(36)37)27(25)24-21-18-15-12-9-6-3;/h4-24H2,1-3H3,(H,34,35)(H,36,37)(H,38,39);1H3. The molecule has 40 heavy (non-hydrogen) atoms. The minimum Gasteiger partial charge on any atom is -0.478 e. The maximum absolute atomic E-state index is 12.5. The van der Waals surface area contributed by atoms with Crippen LogP contribution in [-0.2, 0) is 19.3 Å². The van der Waals surface area contributed by atoms with Gasteiger partial charge >= 0.3 is 17.9 Å². The molecule has 0 amide bonds. The Hall–Kier alpha value is -1.94. The van der Waals surface area contributed by atoms with Gasteiger partial charge in [-0.05, 0) is 55.2 Å². The summed E-state index contributed by atoms with van der Waals surface area (Å²) in [4.78, 5) is 37.4. The molecule has 0 aliphatic heterocycles. The molecule has 0 bridgehead atoms. The van der Waals surface area contributed by atoms with E-state index in [4.69, 9.17) is 0 Å². The monoisotopic (exact) mass is 580 g/mol. The SMILES string of the molecule is CCCCCCCCc1c(CCCCCCCC)c(C(=O)O)c(C(=O)O)c(C(=O)O)c1CCCCCCCC.P. The molecule has 0 saturated carbocycles. The summed E-state index contributed by atoms with van der Waals surface area (Å²) in [5, 5.41) is 30.5. The van der Waals surface area contributed by atoms with E-state index < -0.39 is 23.5 Å². The fourth-order valence-corrected chi connectivity index (χ4v) is 5.70. The van der Waals surface area contributed by atoms with E-state index in [0.29, 0.717) is 30.4 Å². The van der Waals surface area contributed by atoms with Crippen molar-refractivity contribution in [1.29, 1.82) is 0 Å². The molecule has 3 N–H and O–H groups in total. The average molecular weight is 581 g/mol. The van der Waals surface area contributed by atoms with Gasteiger partial charge in [-0.2, -0.15) is 9.90 Å². The number of aromatic carboxylic acids is 3. The third-order valence-corrected chi connectivity index (χ3v) is 7.81. The molecule has 0 fully saturated rings. The Bertz CT molecular complexity index is 840. The van der Waals surface area contributed by atoms with Crippen molar-refractivity contribution in [1.82, 2.24) is 0 Å².